The zero-order chi connectivity index (χ0) is 11.0. The van der Waals surface area contributed by atoms with Crippen molar-refractivity contribution in [3.63, 3.8) is 0 Å². The Morgan fingerprint density at radius 2 is 1.93 bits per heavy atom. The van der Waals surface area contributed by atoms with Crippen molar-refractivity contribution in [3.05, 3.63) is 0 Å². The van der Waals surface area contributed by atoms with E-state index in [-0.39, 0.29) is 0 Å². The first-order chi connectivity index (χ1) is 7.11. The van der Waals surface area contributed by atoms with Crippen LogP contribution in [0.2, 0.25) is 0 Å². The summed E-state index contributed by atoms with van der Waals surface area (Å²) in [6.07, 6.45) is 4.91. The summed E-state index contributed by atoms with van der Waals surface area (Å²) in [6, 6.07) is 0. The Balaban J connectivity index is 1.79. The number of hydrogen-bond donors (Lipinski definition) is 0. The molecule has 3 unspecified atom stereocenters. The summed E-state index contributed by atoms with van der Waals surface area (Å²) in [5, 5.41) is 0. The number of fused-ring (bicyclic) bond motifs is 1. The van der Waals surface area contributed by atoms with Gasteiger partial charge in [0.15, 0.2) is 0 Å². The van der Waals surface area contributed by atoms with Gasteiger partial charge in [0.05, 0.1) is 0 Å². The maximum atomic E-state index is 12.1. The van der Waals surface area contributed by atoms with Crippen LogP contribution in [0.3, 0.4) is 0 Å². The van der Waals surface area contributed by atoms with Crippen molar-refractivity contribution < 1.29 is 4.79 Å². The van der Waals surface area contributed by atoms with Crippen LogP contribution in [-0.4, -0.2) is 24.4 Å². The van der Waals surface area contributed by atoms with Crippen LogP contribution < -0.4 is 0 Å². The minimum absolute atomic E-state index is 0.364. The van der Waals surface area contributed by atoms with E-state index in [1.165, 1.54) is 19.3 Å². The third-order valence-corrected chi connectivity index (χ3v) is 4.25. The number of nitrogens with zero attached hydrogens (tertiary/aromatic N) is 1. The molecular formula is C13H23NO. The smallest absolute Gasteiger partial charge is 0.225 e. The Morgan fingerprint density at radius 3 is 2.47 bits per heavy atom. The summed E-state index contributed by atoms with van der Waals surface area (Å²) >= 11 is 0. The van der Waals surface area contributed by atoms with E-state index < -0.39 is 0 Å². The molecule has 2 fully saturated rings. The van der Waals surface area contributed by atoms with Gasteiger partial charge in [-0.05, 0) is 37.0 Å². The lowest BCUT2D eigenvalue weighted by atomic mass is 10.0. The molecule has 86 valence electrons. The van der Waals surface area contributed by atoms with Gasteiger partial charge in [0.25, 0.3) is 0 Å². The van der Waals surface area contributed by atoms with Crippen molar-refractivity contribution in [3.8, 4) is 0 Å². The zero-order valence-electron chi connectivity index (χ0n) is 10.2. The van der Waals surface area contributed by atoms with Gasteiger partial charge in [-0.3, -0.25) is 4.79 Å². The summed E-state index contributed by atoms with van der Waals surface area (Å²) in [5.41, 5.74) is 0. The third kappa shape index (κ3) is 2.35. The first-order valence-corrected chi connectivity index (χ1v) is 6.36. The Morgan fingerprint density at radius 1 is 1.33 bits per heavy atom. The quantitative estimate of drug-likeness (QED) is 0.696. The van der Waals surface area contributed by atoms with Gasteiger partial charge in [-0.2, -0.15) is 0 Å². The number of rotatable bonds is 4. The summed E-state index contributed by atoms with van der Waals surface area (Å²) in [6.45, 7) is 5.34. The minimum atomic E-state index is 0.364. The first-order valence-electron chi connectivity index (χ1n) is 6.36. The minimum Gasteiger partial charge on any atom is -0.345 e. The third-order valence-electron chi connectivity index (χ3n) is 4.25. The molecule has 2 heteroatoms. The van der Waals surface area contributed by atoms with E-state index in [9.17, 15) is 4.79 Å². The van der Waals surface area contributed by atoms with E-state index in [4.69, 9.17) is 0 Å². The second-order valence-corrected chi connectivity index (χ2v) is 5.66. The Hall–Kier alpha value is -0.530. The van der Waals surface area contributed by atoms with Crippen molar-refractivity contribution in [1.29, 1.82) is 0 Å². The largest absolute Gasteiger partial charge is 0.345 e. The van der Waals surface area contributed by atoms with Crippen LogP contribution in [0.15, 0.2) is 0 Å². The highest BCUT2D eigenvalue weighted by Crippen LogP contribution is 2.54. The van der Waals surface area contributed by atoms with Gasteiger partial charge in [0, 0.05) is 19.5 Å². The molecule has 0 heterocycles. The van der Waals surface area contributed by atoms with Gasteiger partial charge in [0.2, 0.25) is 5.91 Å². The molecule has 1 amide bonds. The molecule has 2 saturated carbocycles. The van der Waals surface area contributed by atoms with Gasteiger partial charge < -0.3 is 4.90 Å². The second-order valence-electron chi connectivity index (χ2n) is 5.66. The molecule has 0 spiro atoms. The molecule has 0 N–H and O–H groups in total. The number of carbonyl (C=O) groups excluding carboxylic acids is 1. The van der Waals surface area contributed by atoms with Gasteiger partial charge in [-0.1, -0.05) is 20.3 Å². The second kappa shape index (κ2) is 4.15. The van der Waals surface area contributed by atoms with Crippen molar-refractivity contribution in [2.75, 3.05) is 13.6 Å². The van der Waals surface area contributed by atoms with Crippen molar-refractivity contribution in [1.82, 2.24) is 4.90 Å². The van der Waals surface area contributed by atoms with E-state index in [0.717, 1.165) is 24.8 Å². The molecule has 3 atom stereocenters. The standard InChI is InChI=1S/C13H23NO/c1-4-9(2)8-14(3)13(15)12-6-10-5-11(10)7-12/h9-12H,4-8H2,1-3H3. The molecule has 0 aromatic heterocycles. The van der Waals surface area contributed by atoms with Gasteiger partial charge in [-0.25, -0.2) is 0 Å². The van der Waals surface area contributed by atoms with Crippen molar-refractivity contribution in [2.45, 2.75) is 39.5 Å². The predicted octanol–water partition coefficient (Wildman–Crippen LogP) is 2.54. The normalized spacial score (nSPS) is 34.7. The van der Waals surface area contributed by atoms with Crippen LogP contribution in [0, 0.1) is 23.7 Å². The Kier molecular flexibility index (Phi) is 3.03. The molecule has 0 radical (unpaired) electrons. The molecular weight excluding hydrogens is 186 g/mol. The highest BCUT2D eigenvalue weighted by molar-refractivity contribution is 5.79. The molecule has 0 aromatic carbocycles. The Labute approximate surface area is 93.0 Å². The number of amides is 1. The zero-order valence-corrected chi connectivity index (χ0v) is 10.2. The monoisotopic (exact) mass is 209 g/mol. The molecule has 15 heavy (non-hydrogen) atoms. The van der Waals surface area contributed by atoms with E-state index in [0.29, 0.717) is 17.7 Å². The fourth-order valence-electron chi connectivity index (χ4n) is 2.91. The Bertz CT molecular complexity index is 241. The molecule has 2 rings (SSSR count). The van der Waals surface area contributed by atoms with Crippen LogP contribution >= 0.6 is 0 Å². The van der Waals surface area contributed by atoms with Crippen LogP contribution in [0.5, 0.6) is 0 Å². The fraction of sp³-hybridized carbons (Fsp3) is 0.923. The van der Waals surface area contributed by atoms with Crippen LogP contribution in [0.1, 0.15) is 39.5 Å². The fourth-order valence-corrected chi connectivity index (χ4v) is 2.91. The van der Waals surface area contributed by atoms with Crippen LogP contribution in [0.25, 0.3) is 0 Å². The topological polar surface area (TPSA) is 20.3 Å². The average molecular weight is 209 g/mol. The van der Waals surface area contributed by atoms with Crippen LogP contribution in [0.4, 0.5) is 0 Å². The average Bonchev–Trinajstić information content (AvgIpc) is 2.84. The lowest BCUT2D eigenvalue weighted by molar-refractivity contribution is -0.134. The lowest BCUT2D eigenvalue weighted by Crippen LogP contribution is -2.35. The molecule has 0 aromatic rings. The summed E-state index contributed by atoms with van der Waals surface area (Å²) in [7, 11) is 1.97. The van der Waals surface area contributed by atoms with Gasteiger partial charge in [0.1, 0.15) is 0 Å². The van der Waals surface area contributed by atoms with Crippen LogP contribution in [-0.2, 0) is 4.79 Å². The van der Waals surface area contributed by atoms with Crippen molar-refractivity contribution in [2.24, 2.45) is 23.7 Å². The van der Waals surface area contributed by atoms with E-state index in [2.05, 4.69) is 13.8 Å². The summed E-state index contributed by atoms with van der Waals surface area (Å²) in [4.78, 5) is 14.1. The number of hydrogen-bond acceptors (Lipinski definition) is 1. The maximum absolute atomic E-state index is 12.1. The highest BCUT2D eigenvalue weighted by atomic mass is 16.2. The molecule has 0 saturated heterocycles. The molecule has 0 bridgehead atoms. The molecule has 0 aliphatic heterocycles. The van der Waals surface area contributed by atoms with E-state index in [1.807, 2.05) is 11.9 Å². The van der Waals surface area contributed by atoms with Gasteiger partial charge >= 0.3 is 0 Å². The SMILES string of the molecule is CCC(C)CN(C)C(=O)C1CC2CC2C1. The summed E-state index contributed by atoms with van der Waals surface area (Å²) in [5.74, 6) is 3.23. The highest BCUT2D eigenvalue weighted by Gasteiger charge is 2.48. The molecule has 2 aliphatic rings. The maximum Gasteiger partial charge on any atom is 0.225 e. The molecule has 2 nitrogen and oxygen atoms in total. The van der Waals surface area contributed by atoms with E-state index in [1.54, 1.807) is 0 Å². The number of carbonyl (C=O) groups is 1. The van der Waals surface area contributed by atoms with Gasteiger partial charge in [-0.15, -0.1) is 0 Å². The first kappa shape index (κ1) is 11.0. The molecule has 2 aliphatic carbocycles. The van der Waals surface area contributed by atoms with E-state index >= 15 is 0 Å². The van der Waals surface area contributed by atoms with Crippen molar-refractivity contribution >= 4 is 5.91 Å². The predicted molar refractivity (Wildman–Crippen MR) is 61.4 cm³/mol. The summed E-state index contributed by atoms with van der Waals surface area (Å²) < 4.78 is 0. The lowest BCUT2D eigenvalue weighted by Gasteiger charge is -2.24.